The van der Waals surface area contributed by atoms with E-state index in [1.165, 1.54) is 12.3 Å². The molecule has 0 aliphatic heterocycles. The van der Waals surface area contributed by atoms with Crippen molar-refractivity contribution < 1.29 is 14.7 Å². The van der Waals surface area contributed by atoms with Gasteiger partial charge < -0.3 is 10.4 Å². The number of carboxylic acids is 1. The van der Waals surface area contributed by atoms with Crippen molar-refractivity contribution in [2.45, 2.75) is 25.7 Å². The van der Waals surface area contributed by atoms with Gasteiger partial charge in [0, 0.05) is 18.3 Å². The fourth-order valence-electron chi connectivity index (χ4n) is 2.65. The van der Waals surface area contributed by atoms with Gasteiger partial charge in [-0.05, 0) is 30.9 Å². The van der Waals surface area contributed by atoms with Crippen molar-refractivity contribution in [1.82, 2.24) is 10.3 Å². The number of aromatic nitrogens is 1. The lowest BCUT2D eigenvalue weighted by molar-refractivity contribution is -0.144. The predicted molar refractivity (Wildman–Crippen MR) is 74.7 cm³/mol. The third-order valence-corrected chi connectivity index (χ3v) is 3.95. The molecular weight excluding hydrogens is 280 g/mol. The van der Waals surface area contributed by atoms with Gasteiger partial charge in [-0.1, -0.05) is 24.4 Å². The van der Waals surface area contributed by atoms with Crippen LogP contribution in [-0.4, -0.2) is 28.5 Å². The van der Waals surface area contributed by atoms with Gasteiger partial charge in [0.05, 0.1) is 5.92 Å². The molecule has 6 heteroatoms. The molecule has 108 valence electrons. The van der Waals surface area contributed by atoms with Crippen LogP contribution in [0.4, 0.5) is 0 Å². The largest absolute Gasteiger partial charge is 0.481 e. The number of aliphatic carboxylic acids is 1. The minimum absolute atomic E-state index is 0.00232. The van der Waals surface area contributed by atoms with Gasteiger partial charge in [0.2, 0.25) is 0 Å². The monoisotopic (exact) mass is 296 g/mol. The van der Waals surface area contributed by atoms with Crippen molar-refractivity contribution in [2.24, 2.45) is 11.8 Å². The van der Waals surface area contributed by atoms with E-state index in [1.54, 1.807) is 6.07 Å². The Morgan fingerprint density at radius 1 is 1.40 bits per heavy atom. The summed E-state index contributed by atoms with van der Waals surface area (Å²) in [6, 6.07) is 3.07. The summed E-state index contributed by atoms with van der Waals surface area (Å²) < 4.78 is 0. The van der Waals surface area contributed by atoms with E-state index in [-0.39, 0.29) is 22.9 Å². The van der Waals surface area contributed by atoms with Crippen LogP contribution in [0.1, 0.15) is 36.0 Å². The molecule has 2 unspecified atom stereocenters. The number of pyridine rings is 1. The SMILES string of the molecule is O=C(NCC1CCCCC1C(=O)O)c1ccnc(Cl)c1. The standard InChI is InChI=1S/C14H17ClN2O3/c15-12-7-9(5-6-16-12)13(18)17-8-10-3-1-2-4-11(10)14(19)20/h5-7,10-11H,1-4,8H2,(H,17,18)(H,19,20). The van der Waals surface area contributed by atoms with E-state index < -0.39 is 5.97 Å². The van der Waals surface area contributed by atoms with Crippen LogP contribution in [0.5, 0.6) is 0 Å². The van der Waals surface area contributed by atoms with Crippen LogP contribution in [0.15, 0.2) is 18.3 Å². The van der Waals surface area contributed by atoms with Crippen LogP contribution in [0.2, 0.25) is 5.15 Å². The predicted octanol–water partition coefficient (Wildman–Crippen LogP) is 2.36. The number of halogens is 1. The zero-order chi connectivity index (χ0) is 14.5. The molecule has 0 aromatic carbocycles. The summed E-state index contributed by atoms with van der Waals surface area (Å²) in [7, 11) is 0. The van der Waals surface area contributed by atoms with Crippen LogP contribution in [-0.2, 0) is 4.79 Å². The number of nitrogens with one attached hydrogen (secondary N) is 1. The van der Waals surface area contributed by atoms with Crippen molar-refractivity contribution >= 4 is 23.5 Å². The first kappa shape index (κ1) is 14.8. The van der Waals surface area contributed by atoms with E-state index in [9.17, 15) is 14.7 Å². The fraction of sp³-hybridized carbons (Fsp3) is 0.500. The zero-order valence-electron chi connectivity index (χ0n) is 11.0. The minimum atomic E-state index is -0.768. The van der Waals surface area contributed by atoms with Crippen molar-refractivity contribution in [3.05, 3.63) is 29.0 Å². The molecule has 1 aliphatic rings. The van der Waals surface area contributed by atoms with Crippen molar-refractivity contribution in [3.8, 4) is 0 Å². The first-order chi connectivity index (χ1) is 9.58. The molecule has 1 saturated carbocycles. The van der Waals surface area contributed by atoms with E-state index in [0.717, 1.165) is 19.3 Å². The number of nitrogens with zero attached hydrogens (tertiary/aromatic N) is 1. The second-order valence-corrected chi connectivity index (χ2v) is 5.45. The van der Waals surface area contributed by atoms with Gasteiger partial charge in [-0.2, -0.15) is 0 Å². The lowest BCUT2D eigenvalue weighted by Gasteiger charge is -2.28. The van der Waals surface area contributed by atoms with E-state index >= 15 is 0 Å². The maximum Gasteiger partial charge on any atom is 0.306 e. The van der Waals surface area contributed by atoms with Gasteiger partial charge in [-0.25, -0.2) is 4.98 Å². The number of hydrogen-bond donors (Lipinski definition) is 2. The number of carbonyl (C=O) groups is 2. The van der Waals surface area contributed by atoms with Crippen LogP contribution in [0, 0.1) is 11.8 Å². The average molecular weight is 297 g/mol. The first-order valence-corrected chi connectivity index (χ1v) is 7.08. The summed E-state index contributed by atoms with van der Waals surface area (Å²) in [4.78, 5) is 27.0. The number of carbonyl (C=O) groups excluding carboxylic acids is 1. The Bertz CT molecular complexity index is 507. The maximum atomic E-state index is 12.0. The molecule has 0 bridgehead atoms. The lowest BCUT2D eigenvalue weighted by Crippen LogP contribution is -2.37. The molecule has 0 radical (unpaired) electrons. The molecule has 1 aromatic heterocycles. The smallest absolute Gasteiger partial charge is 0.306 e. The van der Waals surface area contributed by atoms with Gasteiger partial charge in [0.25, 0.3) is 5.91 Å². The van der Waals surface area contributed by atoms with Crippen molar-refractivity contribution in [3.63, 3.8) is 0 Å². The van der Waals surface area contributed by atoms with Gasteiger partial charge in [-0.3, -0.25) is 9.59 Å². The molecule has 5 nitrogen and oxygen atoms in total. The quantitative estimate of drug-likeness (QED) is 0.836. The maximum absolute atomic E-state index is 12.0. The third-order valence-electron chi connectivity index (χ3n) is 3.74. The summed E-state index contributed by atoms with van der Waals surface area (Å²) in [5.41, 5.74) is 0.438. The Hall–Kier alpha value is -1.62. The minimum Gasteiger partial charge on any atom is -0.481 e. The van der Waals surface area contributed by atoms with Gasteiger partial charge >= 0.3 is 5.97 Å². The number of carboxylic acid groups (broad SMARTS) is 1. The Kier molecular flexibility index (Phi) is 4.95. The van der Waals surface area contributed by atoms with Crippen LogP contribution in [0.25, 0.3) is 0 Å². The Labute approximate surface area is 122 Å². The van der Waals surface area contributed by atoms with E-state index in [1.807, 2.05) is 0 Å². The Balaban J connectivity index is 1.93. The highest BCUT2D eigenvalue weighted by molar-refractivity contribution is 6.29. The Morgan fingerprint density at radius 3 is 2.85 bits per heavy atom. The first-order valence-electron chi connectivity index (χ1n) is 6.70. The van der Waals surface area contributed by atoms with Crippen molar-refractivity contribution in [1.29, 1.82) is 0 Å². The molecular formula is C14H17ClN2O3. The van der Waals surface area contributed by atoms with E-state index in [4.69, 9.17) is 11.6 Å². The van der Waals surface area contributed by atoms with E-state index in [2.05, 4.69) is 10.3 Å². The second kappa shape index (κ2) is 6.70. The molecule has 1 amide bonds. The van der Waals surface area contributed by atoms with Gasteiger partial charge in [0.15, 0.2) is 0 Å². The highest BCUT2D eigenvalue weighted by atomic mass is 35.5. The lowest BCUT2D eigenvalue weighted by atomic mass is 9.79. The number of rotatable bonds is 4. The molecule has 2 N–H and O–H groups in total. The molecule has 1 aliphatic carbocycles. The number of hydrogen-bond acceptors (Lipinski definition) is 3. The molecule has 1 heterocycles. The summed E-state index contributed by atoms with van der Waals surface area (Å²) in [6.07, 6.45) is 4.97. The third kappa shape index (κ3) is 3.70. The molecule has 20 heavy (non-hydrogen) atoms. The van der Waals surface area contributed by atoms with E-state index in [0.29, 0.717) is 18.5 Å². The molecule has 2 atom stereocenters. The molecule has 2 rings (SSSR count). The fourth-order valence-corrected chi connectivity index (χ4v) is 2.82. The van der Waals surface area contributed by atoms with Crippen LogP contribution < -0.4 is 5.32 Å². The zero-order valence-corrected chi connectivity index (χ0v) is 11.8. The summed E-state index contributed by atoms with van der Waals surface area (Å²) in [5, 5.41) is 12.2. The summed E-state index contributed by atoms with van der Waals surface area (Å²) in [6.45, 7) is 0.385. The van der Waals surface area contributed by atoms with Gasteiger partial charge in [-0.15, -0.1) is 0 Å². The normalized spacial score (nSPS) is 22.2. The van der Waals surface area contributed by atoms with Crippen LogP contribution >= 0.6 is 11.6 Å². The molecule has 1 aromatic rings. The van der Waals surface area contributed by atoms with Crippen LogP contribution in [0.3, 0.4) is 0 Å². The summed E-state index contributed by atoms with van der Waals surface area (Å²) >= 11 is 5.73. The topological polar surface area (TPSA) is 79.3 Å². The Morgan fingerprint density at radius 2 is 2.15 bits per heavy atom. The average Bonchev–Trinajstić information content (AvgIpc) is 2.45. The second-order valence-electron chi connectivity index (χ2n) is 5.07. The number of amides is 1. The van der Waals surface area contributed by atoms with Gasteiger partial charge in [0.1, 0.15) is 5.15 Å². The summed E-state index contributed by atoms with van der Waals surface area (Å²) in [5.74, 6) is -1.37. The highest BCUT2D eigenvalue weighted by Crippen LogP contribution is 2.29. The van der Waals surface area contributed by atoms with Crippen molar-refractivity contribution in [2.75, 3.05) is 6.54 Å². The highest BCUT2D eigenvalue weighted by Gasteiger charge is 2.30. The molecule has 1 fully saturated rings. The molecule has 0 spiro atoms. The molecule has 0 saturated heterocycles.